The van der Waals surface area contributed by atoms with E-state index in [1.807, 2.05) is 45.0 Å². The molecule has 0 aliphatic carbocycles. The van der Waals surface area contributed by atoms with Gasteiger partial charge in [-0.25, -0.2) is 0 Å². The molecule has 0 bridgehead atoms. The largest absolute Gasteiger partial charge is 0.493 e. The van der Waals surface area contributed by atoms with Crippen LogP contribution in [-0.4, -0.2) is 24.0 Å². The van der Waals surface area contributed by atoms with Crippen molar-refractivity contribution in [2.24, 2.45) is 5.10 Å². The van der Waals surface area contributed by atoms with Crippen molar-refractivity contribution in [1.82, 2.24) is 10.7 Å². The van der Waals surface area contributed by atoms with Crippen LogP contribution in [0.5, 0.6) is 5.75 Å². The van der Waals surface area contributed by atoms with Crippen LogP contribution >= 0.6 is 12.2 Å². The number of nitrogens with one attached hydrogen (secondary N) is 2. The van der Waals surface area contributed by atoms with Crippen LogP contribution in [0, 0.1) is 0 Å². The smallest absolute Gasteiger partial charge is 0.187 e. The number of thiocarbonyl (C=S) groups is 1. The minimum absolute atomic E-state index is 0.288. The molecular formula is C13H19N3OS. The van der Waals surface area contributed by atoms with Crippen molar-refractivity contribution in [1.29, 1.82) is 0 Å². The van der Waals surface area contributed by atoms with Crippen molar-refractivity contribution in [2.45, 2.75) is 26.8 Å². The lowest BCUT2D eigenvalue weighted by atomic mass is 10.2. The predicted molar refractivity (Wildman–Crippen MR) is 79.2 cm³/mol. The SMILES string of the molecule is CCOc1ccccc1/C=N\NC(=S)NC(C)C. The molecule has 4 nitrogen and oxygen atoms in total. The maximum atomic E-state index is 5.49. The zero-order chi connectivity index (χ0) is 13.4. The fourth-order valence-electron chi connectivity index (χ4n) is 1.33. The quantitative estimate of drug-likeness (QED) is 0.487. The molecule has 0 aliphatic heterocycles. The van der Waals surface area contributed by atoms with E-state index in [9.17, 15) is 0 Å². The first-order valence-corrected chi connectivity index (χ1v) is 6.35. The van der Waals surface area contributed by atoms with Crippen LogP contribution in [0.25, 0.3) is 0 Å². The van der Waals surface area contributed by atoms with E-state index >= 15 is 0 Å². The molecule has 0 fully saturated rings. The van der Waals surface area contributed by atoms with Crippen LogP contribution in [0.2, 0.25) is 0 Å². The number of ether oxygens (including phenoxy) is 1. The van der Waals surface area contributed by atoms with Gasteiger partial charge in [0.25, 0.3) is 0 Å². The van der Waals surface area contributed by atoms with Crippen LogP contribution in [0.3, 0.4) is 0 Å². The summed E-state index contributed by atoms with van der Waals surface area (Å²) in [6, 6.07) is 8.01. The Labute approximate surface area is 113 Å². The van der Waals surface area contributed by atoms with Gasteiger partial charge in [0.15, 0.2) is 5.11 Å². The summed E-state index contributed by atoms with van der Waals surface area (Å²) in [6.45, 7) is 6.61. The average Bonchev–Trinajstić information content (AvgIpc) is 2.30. The number of hydrazone groups is 1. The predicted octanol–water partition coefficient (Wildman–Crippen LogP) is 2.29. The number of benzene rings is 1. The number of hydrogen-bond acceptors (Lipinski definition) is 3. The number of nitrogens with zero attached hydrogens (tertiary/aromatic N) is 1. The first-order chi connectivity index (χ1) is 8.63. The van der Waals surface area contributed by atoms with Gasteiger partial charge < -0.3 is 10.1 Å². The summed E-state index contributed by atoms with van der Waals surface area (Å²) in [5, 5.41) is 7.63. The third-order valence-corrected chi connectivity index (χ3v) is 2.22. The number of hydrogen-bond donors (Lipinski definition) is 2. The normalized spacial score (nSPS) is 10.7. The van der Waals surface area contributed by atoms with Crippen LogP contribution in [0.1, 0.15) is 26.3 Å². The maximum absolute atomic E-state index is 5.49. The van der Waals surface area contributed by atoms with Gasteiger partial charge in [0, 0.05) is 11.6 Å². The Morgan fingerprint density at radius 1 is 1.44 bits per heavy atom. The fourth-order valence-corrected chi connectivity index (χ4v) is 1.62. The van der Waals surface area contributed by atoms with Crippen LogP contribution < -0.4 is 15.5 Å². The topological polar surface area (TPSA) is 45.6 Å². The highest BCUT2D eigenvalue weighted by atomic mass is 32.1. The van der Waals surface area contributed by atoms with E-state index in [1.54, 1.807) is 6.21 Å². The second-order valence-corrected chi connectivity index (χ2v) is 4.38. The van der Waals surface area contributed by atoms with Crippen LogP contribution in [-0.2, 0) is 0 Å². The molecular weight excluding hydrogens is 246 g/mol. The Bertz CT molecular complexity index is 418. The van der Waals surface area contributed by atoms with Gasteiger partial charge in [0.05, 0.1) is 12.8 Å². The Kier molecular flexibility index (Phi) is 6.14. The van der Waals surface area contributed by atoms with Gasteiger partial charge in [-0.05, 0) is 45.1 Å². The summed E-state index contributed by atoms with van der Waals surface area (Å²) in [4.78, 5) is 0. The van der Waals surface area contributed by atoms with Crippen LogP contribution in [0.4, 0.5) is 0 Å². The van der Waals surface area contributed by atoms with Gasteiger partial charge in [-0.2, -0.15) is 5.10 Å². The Morgan fingerprint density at radius 3 is 2.83 bits per heavy atom. The van der Waals surface area contributed by atoms with Gasteiger partial charge in [0.1, 0.15) is 5.75 Å². The summed E-state index contributed by atoms with van der Waals surface area (Å²) < 4.78 is 5.49. The Balaban J connectivity index is 2.58. The summed E-state index contributed by atoms with van der Waals surface area (Å²) in [6.07, 6.45) is 1.69. The number of para-hydroxylation sites is 1. The van der Waals surface area contributed by atoms with Crippen molar-refractivity contribution >= 4 is 23.5 Å². The molecule has 1 aromatic carbocycles. The zero-order valence-electron chi connectivity index (χ0n) is 10.9. The Hall–Kier alpha value is -1.62. The first-order valence-electron chi connectivity index (χ1n) is 5.95. The molecule has 2 N–H and O–H groups in total. The molecule has 0 radical (unpaired) electrons. The lowest BCUT2D eigenvalue weighted by Crippen LogP contribution is -2.36. The maximum Gasteiger partial charge on any atom is 0.187 e. The minimum atomic E-state index is 0.288. The van der Waals surface area contributed by atoms with Gasteiger partial charge in [-0.1, -0.05) is 12.1 Å². The monoisotopic (exact) mass is 265 g/mol. The van der Waals surface area contributed by atoms with Crippen molar-refractivity contribution in [3.63, 3.8) is 0 Å². The third-order valence-electron chi connectivity index (χ3n) is 2.01. The zero-order valence-corrected chi connectivity index (χ0v) is 11.8. The molecule has 0 aromatic heterocycles. The van der Waals surface area contributed by atoms with Crippen molar-refractivity contribution in [2.75, 3.05) is 6.61 Å². The third kappa shape index (κ3) is 5.14. The fraction of sp³-hybridized carbons (Fsp3) is 0.385. The standard InChI is InChI=1S/C13H19N3OS/c1-4-17-12-8-6-5-7-11(12)9-14-16-13(18)15-10(2)3/h5-10H,4H2,1-3H3,(H2,15,16,18)/b14-9-. The molecule has 5 heteroatoms. The van der Waals surface area contributed by atoms with Crippen LogP contribution in [0.15, 0.2) is 29.4 Å². The molecule has 0 aliphatic rings. The van der Waals surface area contributed by atoms with E-state index < -0.39 is 0 Å². The van der Waals surface area contributed by atoms with Gasteiger partial charge in [-0.15, -0.1) is 0 Å². The van der Waals surface area contributed by atoms with E-state index in [0.29, 0.717) is 11.7 Å². The van der Waals surface area contributed by atoms with E-state index in [-0.39, 0.29) is 6.04 Å². The molecule has 0 atom stereocenters. The van der Waals surface area contributed by atoms with Crippen molar-refractivity contribution < 1.29 is 4.74 Å². The highest BCUT2D eigenvalue weighted by Gasteiger charge is 1.99. The summed E-state index contributed by atoms with van der Waals surface area (Å²) >= 11 is 5.06. The molecule has 18 heavy (non-hydrogen) atoms. The van der Waals surface area contributed by atoms with E-state index in [4.69, 9.17) is 17.0 Å². The molecule has 0 unspecified atom stereocenters. The lowest BCUT2D eigenvalue weighted by Gasteiger charge is -2.10. The molecule has 0 spiro atoms. The van der Waals surface area contributed by atoms with Gasteiger partial charge in [-0.3, -0.25) is 5.43 Å². The average molecular weight is 265 g/mol. The molecule has 0 saturated carbocycles. The summed E-state index contributed by atoms with van der Waals surface area (Å²) in [5.41, 5.74) is 3.68. The second-order valence-electron chi connectivity index (χ2n) is 3.97. The van der Waals surface area contributed by atoms with E-state index in [2.05, 4.69) is 15.8 Å². The minimum Gasteiger partial charge on any atom is -0.493 e. The second kappa shape index (κ2) is 7.66. The molecule has 1 aromatic rings. The van der Waals surface area contributed by atoms with Crippen molar-refractivity contribution in [3.05, 3.63) is 29.8 Å². The number of rotatable bonds is 5. The van der Waals surface area contributed by atoms with E-state index in [0.717, 1.165) is 11.3 Å². The first kappa shape index (κ1) is 14.4. The van der Waals surface area contributed by atoms with Crippen molar-refractivity contribution in [3.8, 4) is 5.75 Å². The molecule has 0 amide bonds. The van der Waals surface area contributed by atoms with Gasteiger partial charge >= 0.3 is 0 Å². The lowest BCUT2D eigenvalue weighted by molar-refractivity contribution is 0.340. The molecule has 0 heterocycles. The molecule has 1 rings (SSSR count). The highest BCUT2D eigenvalue weighted by Crippen LogP contribution is 2.15. The van der Waals surface area contributed by atoms with Gasteiger partial charge in [0.2, 0.25) is 0 Å². The summed E-state index contributed by atoms with van der Waals surface area (Å²) in [5.74, 6) is 0.813. The highest BCUT2D eigenvalue weighted by molar-refractivity contribution is 7.80. The molecule has 98 valence electrons. The van der Waals surface area contributed by atoms with E-state index in [1.165, 1.54) is 0 Å². The Morgan fingerprint density at radius 2 is 2.17 bits per heavy atom. The summed E-state index contributed by atoms with van der Waals surface area (Å²) in [7, 11) is 0. The molecule has 0 saturated heterocycles.